The summed E-state index contributed by atoms with van der Waals surface area (Å²) in [6.45, 7) is 10.5. The molecule has 0 saturated heterocycles. The van der Waals surface area contributed by atoms with Crippen molar-refractivity contribution < 1.29 is 4.74 Å². The lowest BCUT2D eigenvalue weighted by molar-refractivity contribution is 0.109. The third kappa shape index (κ3) is 12.6. The van der Waals surface area contributed by atoms with Crippen molar-refractivity contribution in [2.24, 2.45) is 0 Å². The molecule has 5 heteroatoms. The van der Waals surface area contributed by atoms with Crippen molar-refractivity contribution in [3.8, 4) is 18.2 Å². The van der Waals surface area contributed by atoms with E-state index in [9.17, 15) is 15.8 Å². The van der Waals surface area contributed by atoms with Gasteiger partial charge < -0.3 is 9.64 Å². The van der Waals surface area contributed by atoms with Crippen LogP contribution >= 0.6 is 0 Å². The van der Waals surface area contributed by atoms with Crippen LogP contribution in [-0.4, -0.2) is 18.7 Å². The molecule has 0 amide bonds. The SMILES string of the molecule is CCCCCCCCCCCCN(CCCCCCCCCCCC)c1ccc2cc(C3=C(C#N)C(=C(C#N)C#N)OC3(C)C)ccc2c1. The highest BCUT2D eigenvalue weighted by molar-refractivity contribution is 5.92. The Balaban J connectivity index is 1.68. The number of allylic oxidation sites excluding steroid dienone is 2. The Morgan fingerprint density at radius 2 is 1.06 bits per heavy atom. The quantitative estimate of drug-likeness (QED) is 0.0825. The summed E-state index contributed by atoms with van der Waals surface area (Å²) in [5.74, 6) is 0.0811. The summed E-state index contributed by atoms with van der Waals surface area (Å²) in [4.78, 5) is 2.61. The highest BCUT2D eigenvalue weighted by Gasteiger charge is 2.40. The Morgan fingerprint density at radius 1 is 0.612 bits per heavy atom. The van der Waals surface area contributed by atoms with E-state index in [4.69, 9.17) is 4.74 Å². The molecule has 0 bridgehead atoms. The topological polar surface area (TPSA) is 83.8 Å². The van der Waals surface area contributed by atoms with E-state index in [1.807, 2.05) is 32.1 Å². The van der Waals surface area contributed by atoms with Crippen LogP contribution in [0.2, 0.25) is 0 Å². The van der Waals surface area contributed by atoms with E-state index in [0.29, 0.717) is 5.57 Å². The molecule has 2 aromatic rings. The van der Waals surface area contributed by atoms with E-state index in [-0.39, 0.29) is 16.9 Å². The number of benzene rings is 2. The van der Waals surface area contributed by atoms with Gasteiger partial charge in [0, 0.05) is 24.4 Å². The van der Waals surface area contributed by atoms with Crippen molar-refractivity contribution in [2.75, 3.05) is 18.0 Å². The van der Waals surface area contributed by atoms with Gasteiger partial charge in [0.05, 0.1) is 0 Å². The lowest BCUT2D eigenvalue weighted by Crippen LogP contribution is -2.25. The van der Waals surface area contributed by atoms with Crippen LogP contribution in [-0.2, 0) is 4.74 Å². The van der Waals surface area contributed by atoms with Gasteiger partial charge in [-0.3, -0.25) is 0 Å². The van der Waals surface area contributed by atoms with Crippen LogP contribution in [0.15, 0.2) is 53.3 Å². The van der Waals surface area contributed by atoms with Crippen LogP contribution in [0.25, 0.3) is 16.3 Å². The monoisotopic (exact) mass is 662 g/mol. The number of hydrogen-bond acceptors (Lipinski definition) is 5. The minimum Gasteiger partial charge on any atom is -0.480 e. The molecular weight excluding hydrogens is 601 g/mol. The molecule has 0 spiro atoms. The van der Waals surface area contributed by atoms with Gasteiger partial charge in [0.1, 0.15) is 29.4 Å². The Morgan fingerprint density at radius 3 is 1.53 bits per heavy atom. The van der Waals surface area contributed by atoms with Gasteiger partial charge in [-0.2, -0.15) is 15.8 Å². The normalized spacial score (nSPS) is 13.6. The summed E-state index contributed by atoms with van der Waals surface area (Å²) >= 11 is 0. The van der Waals surface area contributed by atoms with Gasteiger partial charge in [-0.25, -0.2) is 0 Å². The van der Waals surface area contributed by atoms with E-state index < -0.39 is 5.60 Å². The highest BCUT2D eigenvalue weighted by atomic mass is 16.5. The van der Waals surface area contributed by atoms with Gasteiger partial charge in [0.15, 0.2) is 11.3 Å². The van der Waals surface area contributed by atoms with E-state index in [2.05, 4.69) is 55.1 Å². The fourth-order valence-corrected chi connectivity index (χ4v) is 7.21. The van der Waals surface area contributed by atoms with Crippen LogP contribution in [0, 0.1) is 34.0 Å². The molecule has 5 nitrogen and oxygen atoms in total. The third-order valence-corrected chi connectivity index (χ3v) is 10.0. The zero-order valence-corrected chi connectivity index (χ0v) is 31.2. The molecular formula is C44H62N4O. The van der Waals surface area contributed by atoms with Gasteiger partial charge in [-0.05, 0) is 61.2 Å². The Hall–Kier alpha value is -3.75. The molecule has 0 aliphatic carbocycles. The fourth-order valence-electron chi connectivity index (χ4n) is 7.21. The second-order valence-corrected chi connectivity index (χ2v) is 14.5. The molecule has 0 saturated carbocycles. The predicted octanol–water partition coefficient (Wildman–Crippen LogP) is 12.9. The van der Waals surface area contributed by atoms with Crippen LogP contribution in [0.1, 0.15) is 162 Å². The van der Waals surface area contributed by atoms with Crippen LogP contribution in [0.5, 0.6) is 0 Å². The molecule has 0 fully saturated rings. The maximum atomic E-state index is 10.0. The third-order valence-electron chi connectivity index (χ3n) is 10.0. The number of fused-ring (bicyclic) bond motifs is 1. The van der Waals surface area contributed by atoms with E-state index in [1.165, 1.54) is 139 Å². The molecule has 49 heavy (non-hydrogen) atoms. The van der Waals surface area contributed by atoms with Gasteiger partial charge in [0.25, 0.3) is 0 Å². The number of ether oxygens (including phenoxy) is 1. The average molecular weight is 663 g/mol. The molecule has 0 aromatic heterocycles. The van der Waals surface area contributed by atoms with E-state index in [0.717, 1.165) is 24.0 Å². The molecule has 2 aromatic carbocycles. The molecule has 0 radical (unpaired) electrons. The maximum absolute atomic E-state index is 10.0. The van der Waals surface area contributed by atoms with Gasteiger partial charge in [-0.1, -0.05) is 148 Å². The van der Waals surface area contributed by atoms with Crippen molar-refractivity contribution in [1.82, 2.24) is 0 Å². The second-order valence-electron chi connectivity index (χ2n) is 14.5. The fraction of sp³-hybridized carbons (Fsp3) is 0.614. The smallest absolute Gasteiger partial charge is 0.172 e. The van der Waals surface area contributed by atoms with Crippen molar-refractivity contribution in [1.29, 1.82) is 15.8 Å². The van der Waals surface area contributed by atoms with Gasteiger partial charge in [-0.15, -0.1) is 0 Å². The van der Waals surface area contributed by atoms with Crippen molar-refractivity contribution in [3.05, 3.63) is 58.9 Å². The minimum atomic E-state index is -0.839. The number of nitriles is 3. The highest BCUT2D eigenvalue weighted by Crippen LogP contribution is 2.45. The average Bonchev–Trinajstić information content (AvgIpc) is 3.38. The van der Waals surface area contributed by atoms with Crippen LogP contribution in [0.3, 0.4) is 0 Å². The van der Waals surface area contributed by atoms with Gasteiger partial charge in [0.2, 0.25) is 0 Å². The number of unbranched alkanes of at least 4 members (excludes halogenated alkanes) is 18. The molecule has 0 unspecified atom stereocenters. The molecule has 0 N–H and O–H groups in total. The molecule has 1 aliphatic heterocycles. The number of anilines is 1. The van der Waals surface area contributed by atoms with Crippen molar-refractivity contribution in [3.63, 3.8) is 0 Å². The largest absolute Gasteiger partial charge is 0.480 e. The maximum Gasteiger partial charge on any atom is 0.172 e. The first-order valence-corrected chi connectivity index (χ1v) is 19.6. The lowest BCUT2D eigenvalue weighted by Gasteiger charge is -2.26. The standard InChI is InChI=1S/C44H62N4O/c1-5-7-9-11-13-15-17-19-21-23-29-48(30-24-22-20-18-16-14-12-10-8-6-2)40-28-27-36-31-38(26-25-37(36)32-40)42-41(35-47)43(39(33-45)34-46)49-44(42,3)4/h25-28,31-32H,5-24,29-30H2,1-4H3. The van der Waals surface area contributed by atoms with E-state index >= 15 is 0 Å². The zero-order valence-electron chi connectivity index (χ0n) is 31.2. The number of hydrogen-bond donors (Lipinski definition) is 0. The predicted molar refractivity (Wildman–Crippen MR) is 206 cm³/mol. The Kier molecular flexibility index (Phi) is 17.9. The first kappa shape index (κ1) is 39.7. The van der Waals surface area contributed by atoms with E-state index in [1.54, 1.807) is 0 Å². The van der Waals surface area contributed by atoms with Gasteiger partial charge >= 0.3 is 0 Å². The summed E-state index contributed by atoms with van der Waals surface area (Å²) in [5.41, 5.74) is 2.12. The Bertz CT molecular complexity index is 1460. The molecule has 1 heterocycles. The minimum absolute atomic E-state index is 0.0811. The van der Waals surface area contributed by atoms with Crippen molar-refractivity contribution in [2.45, 2.75) is 162 Å². The first-order chi connectivity index (χ1) is 23.9. The summed E-state index contributed by atoms with van der Waals surface area (Å²) in [5, 5.41) is 31.2. The van der Waals surface area contributed by atoms with Crippen LogP contribution in [0.4, 0.5) is 5.69 Å². The molecule has 3 rings (SSSR count). The second kappa shape index (κ2) is 22.1. The molecule has 264 valence electrons. The molecule has 0 atom stereocenters. The van der Waals surface area contributed by atoms with Crippen LogP contribution < -0.4 is 4.90 Å². The number of nitrogens with zero attached hydrogens (tertiary/aromatic N) is 4. The zero-order chi connectivity index (χ0) is 35.3. The first-order valence-electron chi connectivity index (χ1n) is 19.6. The lowest BCUT2D eigenvalue weighted by atomic mass is 9.88. The van der Waals surface area contributed by atoms with Crippen molar-refractivity contribution >= 4 is 22.0 Å². The summed E-state index contributed by atoms with van der Waals surface area (Å²) < 4.78 is 6.03. The summed E-state index contributed by atoms with van der Waals surface area (Å²) in [7, 11) is 0. The summed E-state index contributed by atoms with van der Waals surface area (Å²) in [6, 6.07) is 19.0. The molecule has 1 aliphatic rings. The summed E-state index contributed by atoms with van der Waals surface area (Å²) in [6.07, 6.45) is 27.0. The Labute approximate surface area is 298 Å². The number of rotatable bonds is 24.